The number of thioether (sulfide) groups is 1. The molecular weight excluding hydrogens is 416 g/mol. The Morgan fingerprint density at radius 2 is 1.43 bits per heavy atom. The number of rotatable bonds is 14. The number of carboxylic acids is 2. The number of carbonyl (C=O) groups is 5. The van der Waals surface area contributed by atoms with Gasteiger partial charge in [-0.3, -0.25) is 19.2 Å². The molecule has 12 heteroatoms. The van der Waals surface area contributed by atoms with Crippen LogP contribution in [0.4, 0.5) is 0 Å². The van der Waals surface area contributed by atoms with E-state index in [1.54, 1.807) is 20.1 Å². The molecule has 172 valence electrons. The van der Waals surface area contributed by atoms with Gasteiger partial charge in [-0.05, 0) is 37.7 Å². The summed E-state index contributed by atoms with van der Waals surface area (Å²) in [6, 6.07) is -4.20. The van der Waals surface area contributed by atoms with Crippen LogP contribution in [0.5, 0.6) is 0 Å². The van der Waals surface area contributed by atoms with Crippen molar-refractivity contribution in [3.05, 3.63) is 0 Å². The molecule has 0 aromatic carbocycles. The van der Waals surface area contributed by atoms with Crippen molar-refractivity contribution in [2.24, 2.45) is 11.7 Å². The number of amides is 3. The first-order valence-corrected chi connectivity index (χ1v) is 10.9. The first-order chi connectivity index (χ1) is 13.9. The number of hydrogen-bond acceptors (Lipinski definition) is 7. The van der Waals surface area contributed by atoms with Crippen LogP contribution < -0.4 is 21.7 Å². The number of carboxylic acid groups (broad SMARTS) is 2. The molecular formula is C18H32N4O7S. The molecule has 11 nitrogen and oxygen atoms in total. The maximum absolute atomic E-state index is 12.5. The maximum atomic E-state index is 12.5. The molecule has 7 N–H and O–H groups in total. The summed E-state index contributed by atoms with van der Waals surface area (Å²) < 4.78 is 0. The van der Waals surface area contributed by atoms with Crippen LogP contribution in [0.25, 0.3) is 0 Å². The molecule has 0 aliphatic carbocycles. The predicted octanol–water partition coefficient (Wildman–Crippen LogP) is -0.853. The van der Waals surface area contributed by atoms with Gasteiger partial charge in [0.1, 0.15) is 18.1 Å². The Hall–Kier alpha value is -2.34. The van der Waals surface area contributed by atoms with Crippen molar-refractivity contribution in [3.8, 4) is 0 Å². The van der Waals surface area contributed by atoms with E-state index in [2.05, 4.69) is 16.0 Å². The third kappa shape index (κ3) is 10.4. The van der Waals surface area contributed by atoms with Gasteiger partial charge in [-0.2, -0.15) is 11.8 Å². The highest BCUT2D eigenvalue weighted by Crippen LogP contribution is 2.05. The summed E-state index contributed by atoms with van der Waals surface area (Å²) in [5.41, 5.74) is 5.75. The van der Waals surface area contributed by atoms with Gasteiger partial charge < -0.3 is 31.9 Å². The number of hydrogen-bond donors (Lipinski definition) is 6. The SMILES string of the molecule is CSCCC(NC(=O)C(C)NC(=O)C(N)C(C)C)C(=O)NC(CCC(=O)O)C(=O)O. The predicted molar refractivity (Wildman–Crippen MR) is 112 cm³/mol. The van der Waals surface area contributed by atoms with Crippen LogP contribution in [-0.2, 0) is 24.0 Å². The molecule has 0 saturated carbocycles. The summed E-state index contributed by atoms with van der Waals surface area (Å²) in [4.78, 5) is 59.0. The van der Waals surface area contributed by atoms with Gasteiger partial charge in [0.15, 0.2) is 0 Å². The van der Waals surface area contributed by atoms with Crippen LogP contribution in [0.2, 0.25) is 0 Å². The van der Waals surface area contributed by atoms with E-state index >= 15 is 0 Å². The molecule has 0 aliphatic rings. The van der Waals surface area contributed by atoms with E-state index in [0.717, 1.165) is 0 Å². The van der Waals surface area contributed by atoms with Crippen molar-refractivity contribution in [2.45, 2.75) is 64.2 Å². The smallest absolute Gasteiger partial charge is 0.326 e. The average molecular weight is 449 g/mol. The van der Waals surface area contributed by atoms with Crippen molar-refractivity contribution in [1.29, 1.82) is 0 Å². The van der Waals surface area contributed by atoms with Gasteiger partial charge in [-0.1, -0.05) is 13.8 Å². The lowest BCUT2D eigenvalue weighted by molar-refractivity contribution is -0.143. The zero-order valence-electron chi connectivity index (χ0n) is 17.6. The van der Waals surface area contributed by atoms with Crippen molar-refractivity contribution >= 4 is 41.4 Å². The van der Waals surface area contributed by atoms with E-state index in [4.69, 9.17) is 10.8 Å². The van der Waals surface area contributed by atoms with E-state index in [9.17, 15) is 29.1 Å². The summed E-state index contributed by atoms with van der Waals surface area (Å²) in [6.07, 6.45) is 1.30. The Morgan fingerprint density at radius 1 is 0.867 bits per heavy atom. The molecule has 0 spiro atoms. The molecule has 0 aromatic heterocycles. The van der Waals surface area contributed by atoms with Crippen molar-refractivity contribution in [3.63, 3.8) is 0 Å². The molecule has 0 bridgehead atoms. The third-order valence-electron chi connectivity index (χ3n) is 4.28. The minimum atomic E-state index is -1.40. The molecule has 0 saturated heterocycles. The minimum Gasteiger partial charge on any atom is -0.481 e. The summed E-state index contributed by atoms with van der Waals surface area (Å²) in [5.74, 6) is -4.05. The zero-order chi connectivity index (χ0) is 23.4. The molecule has 3 amide bonds. The van der Waals surface area contributed by atoms with Gasteiger partial charge >= 0.3 is 11.9 Å². The highest BCUT2D eigenvalue weighted by Gasteiger charge is 2.29. The number of aliphatic carboxylic acids is 2. The summed E-state index contributed by atoms with van der Waals surface area (Å²) in [5, 5.41) is 25.2. The lowest BCUT2D eigenvalue weighted by atomic mass is 10.0. The molecule has 4 atom stereocenters. The monoisotopic (exact) mass is 448 g/mol. The quantitative estimate of drug-likeness (QED) is 0.197. The lowest BCUT2D eigenvalue weighted by Crippen LogP contribution is -2.56. The fourth-order valence-electron chi connectivity index (χ4n) is 2.28. The van der Waals surface area contributed by atoms with Crippen LogP contribution in [0.3, 0.4) is 0 Å². The topological polar surface area (TPSA) is 188 Å². The summed E-state index contributed by atoms with van der Waals surface area (Å²) in [6.45, 7) is 4.97. The average Bonchev–Trinajstić information content (AvgIpc) is 2.66. The Morgan fingerprint density at radius 3 is 1.90 bits per heavy atom. The molecule has 4 unspecified atom stereocenters. The molecule has 0 aromatic rings. The van der Waals surface area contributed by atoms with Gasteiger partial charge in [0.05, 0.1) is 6.04 Å². The van der Waals surface area contributed by atoms with Crippen molar-refractivity contribution < 1.29 is 34.2 Å². The van der Waals surface area contributed by atoms with Crippen molar-refractivity contribution in [1.82, 2.24) is 16.0 Å². The van der Waals surface area contributed by atoms with Crippen molar-refractivity contribution in [2.75, 3.05) is 12.0 Å². The fourth-order valence-corrected chi connectivity index (χ4v) is 2.75. The highest BCUT2D eigenvalue weighted by molar-refractivity contribution is 7.98. The second-order valence-electron chi connectivity index (χ2n) is 7.17. The van der Waals surface area contributed by atoms with E-state index in [-0.39, 0.29) is 18.8 Å². The highest BCUT2D eigenvalue weighted by atomic mass is 32.2. The van der Waals surface area contributed by atoms with Gasteiger partial charge in [0, 0.05) is 6.42 Å². The Bertz CT molecular complexity index is 630. The largest absolute Gasteiger partial charge is 0.481 e. The first-order valence-electron chi connectivity index (χ1n) is 9.50. The van der Waals surface area contributed by atoms with Crippen LogP contribution in [0, 0.1) is 5.92 Å². The Balaban J connectivity index is 5.09. The fraction of sp³-hybridized carbons (Fsp3) is 0.722. The van der Waals surface area contributed by atoms with E-state index in [1.165, 1.54) is 18.7 Å². The third-order valence-corrected chi connectivity index (χ3v) is 4.92. The van der Waals surface area contributed by atoms with Gasteiger partial charge in [0.2, 0.25) is 17.7 Å². The van der Waals surface area contributed by atoms with E-state index in [0.29, 0.717) is 5.75 Å². The lowest BCUT2D eigenvalue weighted by Gasteiger charge is -2.24. The van der Waals surface area contributed by atoms with Gasteiger partial charge in [0.25, 0.3) is 0 Å². The number of carbonyl (C=O) groups excluding carboxylic acids is 3. The molecule has 0 rings (SSSR count). The number of nitrogens with one attached hydrogen (secondary N) is 3. The summed E-state index contributed by atoms with van der Waals surface area (Å²) >= 11 is 1.43. The van der Waals surface area contributed by atoms with E-state index in [1.807, 2.05) is 0 Å². The second kappa shape index (κ2) is 13.8. The Kier molecular flexibility index (Phi) is 12.7. The van der Waals surface area contributed by atoms with Gasteiger partial charge in [-0.25, -0.2) is 4.79 Å². The molecule has 0 heterocycles. The minimum absolute atomic E-state index is 0.126. The molecule has 30 heavy (non-hydrogen) atoms. The van der Waals surface area contributed by atoms with Crippen LogP contribution in [0.1, 0.15) is 40.0 Å². The second-order valence-corrected chi connectivity index (χ2v) is 8.16. The zero-order valence-corrected chi connectivity index (χ0v) is 18.5. The van der Waals surface area contributed by atoms with Crippen LogP contribution >= 0.6 is 11.8 Å². The normalized spacial score (nSPS) is 14.9. The maximum Gasteiger partial charge on any atom is 0.326 e. The van der Waals surface area contributed by atoms with Crippen LogP contribution in [0.15, 0.2) is 0 Å². The number of nitrogens with two attached hydrogens (primary N) is 1. The first kappa shape index (κ1) is 27.7. The van der Waals surface area contributed by atoms with E-state index < -0.39 is 60.2 Å². The van der Waals surface area contributed by atoms with Gasteiger partial charge in [-0.15, -0.1) is 0 Å². The molecule has 0 radical (unpaired) electrons. The van der Waals surface area contributed by atoms with Crippen LogP contribution in [-0.4, -0.2) is 76.0 Å². The summed E-state index contributed by atoms with van der Waals surface area (Å²) in [7, 11) is 0. The standard InChI is InChI=1S/C18H32N4O7S/c1-9(2)14(19)17(27)20-10(3)15(25)21-11(7-8-30-4)16(26)22-12(18(28)29)5-6-13(23)24/h9-12,14H,5-8,19H2,1-4H3,(H,20,27)(H,21,25)(H,22,26)(H,23,24)(H,28,29). The molecule has 0 fully saturated rings. The Labute approximate surface area is 179 Å². The molecule has 0 aliphatic heterocycles.